The van der Waals surface area contributed by atoms with Crippen LogP contribution in [0.2, 0.25) is 0 Å². The molecule has 0 bridgehead atoms. The molecule has 10 aromatic carbocycles. The van der Waals surface area contributed by atoms with Gasteiger partial charge < -0.3 is 4.42 Å². The minimum absolute atomic E-state index is 0.146. The van der Waals surface area contributed by atoms with Gasteiger partial charge in [0.2, 0.25) is 0 Å². The van der Waals surface area contributed by atoms with Crippen molar-refractivity contribution >= 4 is 65.0 Å². The van der Waals surface area contributed by atoms with Gasteiger partial charge in [-0.1, -0.05) is 172 Å². The summed E-state index contributed by atoms with van der Waals surface area (Å²) in [6.45, 7) is 4.74. The van der Waals surface area contributed by atoms with Crippen molar-refractivity contribution in [2.24, 2.45) is 0 Å². The van der Waals surface area contributed by atoms with Crippen LogP contribution in [0.3, 0.4) is 0 Å². The Morgan fingerprint density at radius 3 is 1.66 bits per heavy atom. The zero-order valence-electron chi connectivity index (χ0n) is 31.2. The molecule has 1 aliphatic rings. The van der Waals surface area contributed by atoms with Gasteiger partial charge in [0.15, 0.2) is 0 Å². The van der Waals surface area contributed by atoms with E-state index in [4.69, 9.17) is 4.42 Å². The minimum Gasteiger partial charge on any atom is -0.455 e. The van der Waals surface area contributed by atoms with Crippen molar-refractivity contribution in [1.82, 2.24) is 0 Å². The molecule has 262 valence electrons. The number of rotatable bonds is 3. The number of benzene rings is 10. The summed E-state index contributed by atoms with van der Waals surface area (Å²) >= 11 is 0. The van der Waals surface area contributed by atoms with Crippen molar-refractivity contribution < 1.29 is 4.42 Å². The normalized spacial score (nSPS) is 13.3. The molecule has 56 heavy (non-hydrogen) atoms. The first kappa shape index (κ1) is 31.4. The average Bonchev–Trinajstić information content (AvgIpc) is 3.74. The van der Waals surface area contributed by atoms with Crippen LogP contribution in [0.25, 0.3) is 110 Å². The van der Waals surface area contributed by atoms with E-state index in [0.717, 1.165) is 11.2 Å². The highest BCUT2D eigenvalue weighted by molar-refractivity contribution is 6.23. The van der Waals surface area contributed by atoms with Gasteiger partial charge in [0.25, 0.3) is 0 Å². The molecular formula is C55H36O. The molecule has 1 aliphatic carbocycles. The van der Waals surface area contributed by atoms with Gasteiger partial charge in [-0.15, -0.1) is 0 Å². The second kappa shape index (κ2) is 11.5. The molecule has 1 heteroatoms. The lowest BCUT2D eigenvalue weighted by Crippen LogP contribution is -2.15. The lowest BCUT2D eigenvalue weighted by atomic mass is 9.80. The molecule has 0 aliphatic heterocycles. The van der Waals surface area contributed by atoms with Gasteiger partial charge in [0, 0.05) is 21.6 Å². The second-order valence-corrected chi connectivity index (χ2v) is 16.0. The molecule has 0 spiro atoms. The molecule has 0 saturated heterocycles. The van der Waals surface area contributed by atoms with Crippen LogP contribution in [0.4, 0.5) is 0 Å². The summed E-state index contributed by atoms with van der Waals surface area (Å²) in [4.78, 5) is 0. The number of hydrogen-bond acceptors (Lipinski definition) is 1. The Kier molecular flexibility index (Phi) is 6.46. The van der Waals surface area contributed by atoms with E-state index >= 15 is 0 Å². The molecule has 1 heterocycles. The molecule has 12 rings (SSSR count). The summed E-state index contributed by atoms with van der Waals surface area (Å²) in [6, 6.07) is 67.1. The van der Waals surface area contributed by atoms with Crippen LogP contribution in [-0.2, 0) is 5.41 Å². The first-order chi connectivity index (χ1) is 27.5. The third-order valence-corrected chi connectivity index (χ3v) is 12.6. The van der Waals surface area contributed by atoms with E-state index < -0.39 is 0 Å². The highest BCUT2D eigenvalue weighted by Crippen LogP contribution is 2.53. The molecule has 1 aromatic heterocycles. The molecule has 1 nitrogen and oxygen atoms in total. The molecule has 11 aromatic rings. The Morgan fingerprint density at radius 1 is 0.357 bits per heavy atom. The summed E-state index contributed by atoms with van der Waals surface area (Å²) in [5, 5.41) is 12.4. The SMILES string of the molecule is CC1(C)c2ccc(-c3ccc(-c4c5ccccc5c(-c5cccc6ccccc56)c5ccccc45)cc3)cc2-c2ccc3c(ccc4c5ccccc5oc34)c21. The minimum atomic E-state index is -0.146. The van der Waals surface area contributed by atoms with Crippen LogP contribution in [0, 0.1) is 0 Å². The maximum atomic E-state index is 6.48. The molecule has 0 unspecified atom stereocenters. The third-order valence-electron chi connectivity index (χ3n) is 12.6. The quantitative estimate of drug-likeness (QED) is 0.166. The van der Waals surface area contributed by atoms with Crippen LogP contribution >= 0.6 is 0 Å². The maximum absolute atomic E-state index is 6.48. The lowest BCUT2D eigenvalue weighted by molar-refractivity contribution is 0.665. The van der Waals surface area contributed by atoms with Crippen LogP contribution < -0.4 is 0 Å². The lowest BCUT2D eigenvalue weighted by Gasteiger charge is -2.23. The largest absolute Gasteiger partial charge is 0.455 e. The van der Waals surface area contributed by atoms with Gasteiger partial charge in [0.1, 0.15) is 11.2 Å². The van der Waals surface area contributed by atoms with E-state index in [0.29, 0.717) is 0 Å². The number of para-hydroxylation sites is 1. The highest BCUT2D eigenvalue weighted by atomic mass is 16.3. The van der Waals surface area contributed by atoms with Crippen molar-refractivity contribution in [3.8, 4) is 44.5 Å². The van der Waals surface area contributed by atoms with Crippen LogP contribution in [-0.4, -0.2) is 0 Å². The van der Waals surface area contributed by atoms with Crippen molar-refractivity contribution in [3.63, 3.8) is 0 Å². The molecule has 0 N–H and O–H groups in total. The van der Waals surface area contributed by atoms with E-state index in [1.54, 1.807) is 0 Å². The standard InChI is InChI=1S/C55H36O/c1-55(2)49-31-26-36(32-48(49)45-28-30-47-44(53(45)55)27-29-46-38-15-9-10-21-50(38)56-54(46)47)33-22-24-35(25-23-33)51-40-16-5-7-18-42(40)52(43-19-8-6-17-41(43)51)39-20-11-13-34-12-3-4-14-37(34)39/h3-32H,1-2H3. The Labute approximate surface area is 325 Å². The van der Waals surface area contributed by atoms with E-state index in [1.807, 2.05) is 6.07 Å². The van der Waals surface area contributed by atoms with Gasteiger partial charge in [-0.05, 0) is 118 Å². The summed E-state index contributed by atoms with van der Waals surface area (Å²) < 4.78 is 6.48. The number of furan rings is 1. The van der Waals surface area contributed by atoms with Gasteiger partial charge in [-0.3, -0.25) is 0 Å². The monoisotopic (exact) mass is 712 g/mol. The Morgan fingerprint density at radius 2 is 0.911 bits per heavy atom. The maximum Gasteiger partial charge on any atom is 0.143 e. The molecule has 0 atom stereocenters. The average molecular weight is 713 g/mol. The summed E-state index contributed by atoms with van der Waals surface area (Å²) in [7, 11) is 0. The number of fused-ring (bicyclic) bond motifs is 12. The Bertz CT molecular complexity index is 3370. The molecule has 0 fully saturated rings. The topological polar surface area (TPSA) is 13.1 Å². The zero-order chi connectivity index (χ0) is 37.1. The second-order valence-electron chi connectivity index (χ2n) is 16.0. The van der Waals surface area contributed by atoms with Crippen LogP contribution in [0.15, 0.2) is 186 Å². The van der Waals surface area contributed by atoms with Gasteiger partial charge in [-0.25, -0.2) is 0 Å². The van der Waals surface area contributed by atoms with E-state index in [2.05, 4.69) is 190 Å². The fraction of sp³-hybridized carbons (Fsp3) is 0.0545. The van der Waals surface area contributed by atoms with Crippen LogP contribution in [0.5, 0.6) is 0 Å². The molecule has 0 radical (unpaired) electrons. The summed E-state index contributed by atoms with van der Waals surface area (Å²) in [6.07, 6.45) is 0. The van der Waals surface area contributed by atoms with E-state index in [-0.39, 0.29) is 5.41 Å². The van der Waals surface area contributed by atoms with Crippen molar-refractivity contribution in [1.29, 1.82) is 0 Å². The first-order valence-corrected chi connectivity index (χ1v) is 19.6. The summed E-state index contributed by atoms with van der Waals surface area (Å²) in [5.41, 5.74) is 14.7. The molecule has 0 saturated carbocycles. The predicted molar refractivity (Wildman–Crippen MR) is 238 cm³/mol. The number of hydrogen-bond donors (Lipinski definition) is 0. The predicted octanol–water partition coefficient (Wildman–Crippen LogP) is 15.5. The Balaban J connectivity index is 0.987. The molecular weight excluding hydrogens is 677 g/mol. The van der Waals surface area contributed by atoms with Crippen molar-refractivity contribution in [2.75, 3.05) is 0 Å². The van der Waals surface area contributed by atoms with Gasteiger partial charge in [-0.2, -0.15) is 0 Å². The Hall–Kier alpha value is -6.96. The smallest absolute Gasteiger partial charge is 0.143 e. The van der Waals surface area contributed by atoms with Gasteiger partial charge in [0.05, 0.1) is 0 Å². The van der Waals surface area contributed by atoms with Crippen LogP contribution in [0.1, 0.15) is 25.0 Å². The summed E-state index contributed by atoms with van der Waals surface area (Å²) in [5.74, 6) is 0. The fourth-order valence-electron chi connectivity index (χ4n) is 10.1. The van der Waals surface area contributed by atoms with E-state index in [9.17, 15) is 0 Å². The fourth-order valence-corrected chi connectivity index (χ4v) is 10.1. The zero-order valence-corrected chi connectivity index (χ0v) is 31.2. The van der Waals surface area contributed by atoms with Crippen molar-refractivity contribution in [2.45, 2.75) is 19.3 Å². The highest BCUT2D eigenvalue weighted by Gasteiger charge is 2.37. The third kappa shape index (κ3) is 4.31. The molecule has 0 amide bonds. The van der Waals surface area contributed by atoms with Gasteiger partial charge >= 0.3 is 0 Å². The van der Waals surface area contributed by atoms with E-state index in [1.165, 1.54) is 109 Å². The first-order valence-electron chi connectivity index (χ1n) is 19.6. The van der Waals surface area contributed by atoms with Crippen molar-refractivity contribution in [3.05, 3.63) is 193 Å².